The van der Waals surface area contributed by atoms with Gasteiger partial charge in [0.05, 0.1) is 30.4 Å². The minimum absolute atomic E-state index is 0.219. The Hall–Kier alpha value is -2.89. The first-order chi connectivity index (χ1) is 20.3. The summed E-state index contributed by atoms with van der Waals surface area (Å²) in [5, 5.41) is 35.0. The van der Waals surface area contributed by atoms with Gasteiger partial charge in [0, 0.05) is 6.54 Å². The number of nitrogens with zero attached hydrogens (tertiary/aromatic N) is 3. The van der Waals surface area contributed by atoms with Gasteiger partial charge in [0.25, 0.3) is 0 Å². The number of hydrogen-bond acceptors (Lipinski definition) is 9. The van der Waals surface area contributed by atoms with Gasteiger partial charge in [0.15, 0.2) is 17.7 Å². The Morgan fingerprint density at radius 1 is 1.10 bits per heavy atom. The van der Waals surface area contributed by atoms with Crippen LogP contribution < -0.4 is 14.8 Å². The quantitative estimate of drug-likeness (QED) is 0.221. The van der Waals surface area contributed by atoms with Crippen molar-refractivity contribution >= 4 is 17.0 Å². The van der Waals surface area contributed by atoms with Crippen LogP contribution in [0.1, 0.15) is 63.7 Å². The van der Waals surface area contributed by atoms with E-state index in [1.54, 1.807) is 4.57 Å². The number of anilines is 1. The van der Waals surface area contributed by atoms with Crippen molar-refractivity contribution in [2.24, 2.45) is 0 Å². The summed E-state index contributed by atoms with van der Waals surface area (Å²) in [6.07, 6.45) is 4.92. The Morgan fingerprint density at radius 3 is 2.62 bits per heavy atom. The molecule has 10 heteroatoms. The third-order valence-electron chi connectivity index (χ3n) is 8.33. The van der Waals surface area contributed by atoms with Crippen LogP contribution in [0.5, 0.6) is 11.5 Å². The highest BCUT2D eigenvalue weighted by molar-refractivity contribution is 5.79. The van der Waals surface area contributed by atoms with Crippen LogP contribution in [0.25, 0.3) is 11.0 Å². The molecule has 2 heterocycles. The van der Waals surface area contributed by atoms with Crippen molar-refractivity contribution in [2.75, 3.05) is 39.2 Å². The van der Waals surface area contributed by atoms with Gasteiger partial charge >= 0.3 is 0 Å². The van der Waals surface area contributed by atoms with E-state index in [4.69, 9.17) is 19.2 Å². The second kappa shape index (κ2) is 13.6. The number of imidazole rings is 1. The van der Waals surface area contributed by atoms with Crippen molar-refractivity contribution in [1.82, 2.24) is 14.5 Å². The number of unbranched alkanes of at least 4 members (excludes halogenated alkanes) is 1. The fourth-order valence-corrected chi connectivity index (χ4v) is 5.90. The summed E-state index contributed by atoms with van der Waals surface area (Å²) >= 11 is 0. The van der Waals surface area contributed by atoms with Crippen LogP contribution in [0.2, 0.25) is 0 Å². The van der Waals surface area contributed by atoms with Gasteiger partial charge in [-0.3, -0.25) is 4.57 Å². The Kier molecular flexibility index (Phi) is 9.90. The Balaban J connectivity index is 1.36. The summed E-state index contributed by atoms with van der Waals surface area (Å²) in [6, 6.07) is 13.6. The number of hydrogen-bond donors (Lipinski definition) is 4. The lowest BCUT2D eigenvalue weighted by molar-refractivity contribution is -0.0939. The number of aromatic nitrogens is 2. The molecule has 1 aromatic heterocycles. The molecule has 1 saturated carbocycles. The molecule has 0 bridgehead atoms. The molecule has 2 aliphatic rings. The molecule has 0 radical (unpaired) electrons. The van der Waals surface area contributed by atoms with Gasteiger partial charge in [-0.1, -0.05) is 24.6 Å². The number of nitrogens with one attached hydrogen (secondary N) is 1. The van der Waals surface area contributed by atoms with Crippen LogP contribution in [-0.4, -0.2) is 87.5 Å². The van der Waals surface area contributed by atoms with E-state index >= 15 is 0 Å². The van der Waals surface area contributed by atoms with Crippen molar-refractivity contribution in [3.8, 4) is 11.5 Å². The van der Waals surface area contributed by atoms with Crippen LogP contribution >= 0.6 is 0 Å². The smallest absolute Gasteiger partial charge is 0.206 e. The van der Waals surface area contributed by atoms with Gasteiger partial charge in [-0.15, -0.1) is 0 Å². The molecule has 1 aliphatic carbocycles. The zero-order valence-corrected chi connectivity index (χ0v) is 25.0. The average Bonchev–Trinajstić information content (AvgIpc) is 3.45. The molecule has 1 saturated heterocycles. The highest BCUT2D eigenvalue weighted by atomic mass is 16.6. The van der Waals surface area contributed by atoms with Crippen molar-refractivity contribution in [3.63, 3.8) is 0 Å². The SMILES string of the molecule is CN(C)CCCCOc1cc(CNc2nc3ccccc3n2C2OC(CO)C(O)C2(C)O)ccc1OC1CCCCC1. The summed E-state index contributed by atoms with van der Waals surface area (Å²) in [5.41, 5.74) is 0.813. The van der Waals surface area contributed by atoms with Gasteiger partial charge in [0.1, 0.15) is 17.8 Å². The Labute approximate surface area is 248 Å². The maximum atomic E-state index is 11.2. The van der Waals surface area contributed by atoms with E-state index in [0.29, 0.717) is 19.1 Å². The first-order valence-corrected chi connectivity index (χ1v) is 15.2. The van der Waals surface area contributed by atoms with E-state index in [2.05, 4.69) is 24.3 Å². The molecule has 0 amide bonds. The fourth-order valence-electron chi connectivity index (χ4n) is 5.90. The second-order valence-corrected chi connectivity index (χ2v) is 12.0. The summed E-state index contributed by atoms with van der Waals surface area (Å²) < 4.78 is 20.4. The number of fused-ring (bicyclic) bond motifs is 1. The van der Waals surface area contributed by atoms with Crippen molar-refractivity contribution in [3.05, 3.63) is 48.0 Å². The Morgan fingerprint density at radius 2 is 1.88 bits per heavy atom. The summed E-state index contributed by atoms with van der Waals surface area (Å²) in [6.45, 7) is 3.18. The minimum Gasteiger partial charge on any atom is -0.490 e. The topological polar surface area (TPSA) is 121 Å². The first kappa shape index (κ1) is 30.6. The molecule has 42 heavy (non-hydrogen) atoms. The van der Waals surface area contributed by atoms with Gasteiger partial charge < -0.3 is 39.7 Å². The number of para-hydroxylation sites is 2. The molecule has 0 spiro atoms. The van der Waals surface area contributed by atoms with Crippen LogP contribution in [0.15, 0.2) is 42.5 Å². The van der Waals surface area contributed by atoms with Crippen molar-refractivity contribution in [1.29, 1.82) is 0 Å². The third kappa shape index (κ3) is 6.84. The molecular weight excluding hydrogens is 536 g/mol. The van der Waals surface area contributed by atoms with Crippen LogP contribution in [-0.2, 0) is 11.3 Å². The lowest BCUT2D eigenvalue weighted by Gasteiger charge is -2.29. The lowest BCUT2D eigenvalue weighted by atomic mass is 9.96. The molecule has 2 aromatic carbocycles. The Bertz CT molecular complexity index is 1310. The highest BCUT2D eigenvalue weighted by Crippen LogP contribution is 2.42. The predicted molar refractivity (Wildman–Crippen MR) is 162 cm³/mol. The van der Waals surface area contributed by atoms with E-state index in [1.807, 2.05) is 42.5 Å². The first-order valence-electron chi connectivity index (χ1n) is 15.2. The van der Waals surface area contributed by atoms with Crippen LogP contribution in [0.3, 0.4) is 0 Å². The molecule has 1 aliphatic heterocycles. The zero-order chi connectivity index (χ0) is 29.7. The maximum Gasteiger partial charge on any atom is 0.206 e. The largest absolute Gasteiger partial charge is 0.490 e. The van der Waals surface area contributed by atoms with E-state index in [-0.39, 0.29) is 6.10 Å². The maximum absolute atomic E-state index is 11.2. The number of ether oxygens (including phenoxy) is 3. The van der Waals surface area contributed by atoms with E-state index in [1.165, 1.54) is 26.2 Å². The standard InChI is InChI=1S/C32H46N4O6/c1-32(39)29(38)28(21-37)42-30(32)36-25-14-8-7-13-24(25)34-31(36)33-20-22-15-16-26(41-23-11-5-4-6-12-23)27(19-22)40-18-10-9-17-35(2)3/h7-8,13-16,19,23,28-30,37-39H,4-6,9-12,17-18,20-21H2,1-3H3,(H,33,34). The molecule has 230 valence electrons. The van der Waals surface area contributed by atoms with Gasteiger partial charge in [-0.2, -0.15) is 0 Å². The van der Waals surface area contributed by atoms with E-state index in [0.717, 1.165) is 60.3 Å². The summed E-state index contributed by atoms with van der Waals surface area (Å²) in [4.78, 5) is 6.95. The van der Waals surface area contributed by atoms with Crippen molar-refractivity contribution < 1.29 is 29.5 Å². The number of aliphatic hydroxyl groups is 3. The number of rotatable bonds is 13. The second-order valence-electron chi connectivity index (χ2n) is 12.0. The van der Waals surface area contributed by atoms with E-state index in [9.17, 15) is 15.3 Å². The molecule has 4 unspecified atom stereocenters. The fraction of sp³-hybridized carbons (Fsp3) is 0.594. The van der Waals surface area contributed by atoms with Gasteiger partial charge in [0.2, 0.25) is 5.95 Å². The molecule has 4 N–H and O–H groups in total. The lowest BCUT2D eigenvalue weighted by Crippen LogP contribution is -2.44. The van der Waals surface area contributed by atoms with Gasteiger partial charge in [-0.05, 0) is 95.9 Å². The molecule has 3 aromatic rings. The molecular formula is C32H46N4O6. The van der Waals surface area contributed by atoms with Crippen molar-refractivity contribution in [2.45, 2.75) is 88.6 Å². The van der Waals surface area contributed by atoms with Crippen LogP contribution in [0, 0.1) is 0 Å². The number of benzene rings is 2. The highest BCUT2D eigenvalue weighted by Gasteiger charge is 2.53. The normalized spacial score (nSPS) is 24.9. The molecule has 10 nitrogen and oxygen atoms in total. The van der Waals surface area contributed by atoms with Crippen LogP contribution in [0.4, 0.5) is 5.95 Å². The monoisotopic (exact) mass is 582 g/mol. The number of aliphatic hydroxyl groups excluding tert-OH is 2. The zero-order valence-electron chi connectivity index (χ0n) is 25.0. The predicted octanol–water partition coefficient (Wildman–Crippen LogP) is 4.08. The average molecular weight is 583 g/mol. The summed E-state index contributed by atoms with van der Waals surface area (Å²) in [7, 11) is 4.16. The summed E-state index contributed by atoms with van der Waals surface area (Å²) in [5.74, 6) is 2.01. The third-order valence-corrected chi connectivity index (χ3v) is 8.33. The molecule has 4 atom stereocenters. The van der Waals surface area contributed by atoms with Gasteiger partial charge in [-0.25, -0.2) is 4.98 Å². The van der Waals surface area contributed by atoms with E-state index < -0.39 is 30.6 Å². The molecule has 5 rings (SSSR count). The molecule has 2 fully saturated rings. The minimum atomic E-state index is -1.64.